The topological polar surface area (TPSA) is 70.2 Å². The average Bonchev–Trinajstić information content (AvgIpc) is 2.40. The maximum Gasteiger partial charge on any atom is 1.00 e. The first-order valence-corrected chi connectivity index (χ1v) is 6.73. The van der Waals surface area contributed by atoms with Gasteiger partial charge in [0, 0.05) is 32.7 Å². The number of carbonyl (C=O) groups is 2. The smallest absolute Gasteiger partial charge is 0.549 e. The zero-order valence-electron chi connectivity index (χ0n) is 14.9. The minimum Gasteiger partial charge on any atom is -0.549 e. The molecule has 0 aromatic heterocycles. The molecule has 1 amide bonds. The summed E-state index contributed by atoms with van der Waals surface area (Å²) >= 11 is 0. The molecule has 1 heterocycles. The van der Waals surface area contributed by atoms with E-state index in [0.29, 0.717) is 39.3 Å². The van der Waals surface area contributed by atoms with E-state index in [9.17, 15) is 14.7 Å². The molecule has 23 heavy (non-hydrogen) atoms. The second kappa shape index (κ2) is 17.2. The van der Waals surface area contributed by atoms with E-state index in [1.807, 2.05) is 9.80 Å². The molecule has 1 aliphatic rings. The van der Waals surface area contributed by atoms with Gasteiger partial charge in [-0.25, -0.2) is 0 Å². The molecule has 1 rings (SSSR count). The van der Waals surface area contributed by atoms with Crippen molar-refractivity contribution in [2.24, 2.45) is 0 Å². The van der Waals surface area contributed by atoms with E-state index in [2.05, 4.69) is 14.1 Å². The summed E-state index contributed by atoms with van der Waals surface area (Å²) < 4.78 is 0. The number of carboxylic acids is 1. The quantitative estimate of drug-likeness (QED) is 0.285. The SMILES string of the molecule is [CH2-]N1CCN([CH2-])CCN(CC(=O)[O-])CCN(C=O)CC1.[Na+].[Na+].[Na+]. The average molecular weight is 352 g/mol. The number of carbonyl (C=O) groups excluding carboxylic acids is 2. The molecule has 0 aliphatic carbocycles. The van der Waals surface area contributed by atoms with Crippen molar-refractivity contribution in [1.29, 1.82) is 0 Å². The van der Waals surface area contributed by atoms with Gasteiger partial charge in [0.05, 0.1) is 5.97 Å². The number of rotatable bonds is 3. The first-order valence-electron chi connectivity index (χ1n) is 6.73. The van der Waals surface area contributed by atoms with Crippen molar-refractivity contribution in [3.8, 4) is 0 Å². The monoisotopic (exact) mass is 352 g/mol. The molecule has 1 saturated heterocycles. The van der Waals surface area contributed by atoms with Crippen LogP contribution in [-0.4, -0.2) is 90.9 Å². The van der Waals surface area contributed by atoms with Crippen LogP contribution in [0.5, 0.6) is 0 Å². The molecule has 0 N–H and O–H groups in total. The number of hydrogen-bond acceptors (Lipinski definition) is 6. The molecule has 7 nitrogen and oxygen atoms in total. The summed E-state index contributed by atoms with van der Waals surface area (Å²) in [6.45, 7) is 4.93. The van der Waals surface area contributed by atoms with Crippen molar-refractivity contribution in [1.82, 2.24) is 19.6 Å². The van der Waals surface area contributed by atoms with Crippen LogP contribution in [0.25, 0.3) is 0 Å². The third kappa shape index (κ3) is 14.7. The molecule has 116 valence electrons. The number of amides is 1. The van der Waals surface area contributed by atoms with Gasteiger partial charge in [-0.3, -0.25) is 23.8 Å². The summed E-state index contributed by atoms with van der Waals surface area (Å²) in [7, 11) is 7.85. The maximum absolute atomic E-state index is 11.0. The van der Waals surface area contributed by atoms with Gasteiger partial charge in [0.1, 0.15) is 0 Å². The molecular formula is C13H23N4Na3O3. The number of carboxylic acid groups (broad SMARTS) is 1. The molecule has 1 fully saturated rings. The van der Waals surface area contributed by atoms with E-state index < -0.39 is 5.97 Å². The molecule has 0 radical (unpaired) electrons. The fourth-order valence-corrected chi connectivity index (χ4v) is 2.00. The summed E-state index contributed by atoms with van der Waals surface area (Å²) in [5.41, 5.74) is 0. The van der Waals surface area contributed by atoms with Crippen LogP contribution in [0.15, 0.2) is 0 Å². The van der Waals surface area contributed by atoms with Crippen LogP contribution >= 0.6 is 0 Å². The van der Waals surface area contributed by atoms with Crippen LogP contribution in [0.4, 0.5) is 0 Å². The Morgan fingerprint density at radius 2 is 1.26 bits per heavy atom. The van der Waals surface area contributed by atoms with Gasteiger partial charge in [-0.1, -0.05) is 0 Å². The van der Waals surface area contributed by atoms with Crippen LogP contribution in [0.2, 0.25) is 0 Å². The van der Waals surface area contributed by atoms with E-state index >= 15 is 0 Å². The van der Waals surface area contributed by atoms with Gasteiger partial charge in [0.2, 0.25) is 6.41 Å². The van der Waals surface area contributed by atoms with E-state index in [4.69, 9.17) is 0 Å². The zero-order valence-corrected chi connectivity index (χ0v) is 20.9. The Hall–Kier alpha value is 1.82. The van der Waals surface area contributed by atoms with E-state index in [1.54, 1.807) is 9.80 Å². The van der Waals surface area contributed by atoms with Gasteiger partial charge in [-0.05, 0) is 26.2 Å². The van der Waals surface area contributed by atoms with Crippen molar-refractivity contribution in [3.05, 3.63) is 14.1 Å². The normalized spacial score (nSPS) is 19.1. The van der Waals surface area contributed by atoms with Crippen LogP contribution in [-0.2, 0) is 9.59 Å². The molecule has 0 atom stereocenters. The molecule has 0 aromatic rings. The zero-order chi connectivity index (χ0) is 15.0. The van der Waals surface area contributed by atoms with Crippen LogP contribution < -0.4 is 93.8 Å². The minimum absolute atomic E-state index is 0. The van der Waals surface area contributed by atoms with Gasteiger partial charge < -0.3 is 24.6 Å². The third-order valence-corrected chi connectivity index (χ3v) is 3.37. The first-order chi connectivity index (χ1) is 9.51. The van der Waals surface area contributed by atoms with Gasteiger partial charge in [0.25, 0.3) is 0 Å². The molecule has 0 bridgehead atoms. The number of nitrogens with zero attached hydrogens (tertiary/aromatic N) is 4. The standard InChI is InChI=1S/C13H24N4O3.3Na/c1-14-3-4-15(2)6-8-17(12-18)10-9-16(7-5-14)11-13(19)20;;;/h12H,1-11H2,(H,19,20);;;/q-2;3*+1/p-1. The Morgan fingerprint density at radius 3 is 1.74 bits per heavy atom. The summed E-state index contributed by atoms with van der Waals surface area (Å²) in [4.78, 5) is 29.0. The fraction of sp³-hybridized carbons (Fsp3) is 0.692. The molecule has 0 unspecified atom stereocenters. The van der Waals surface area contributed by atoms with Gasteiger partial charge in [-0.15, -0.1) is 0 Å². The van der Waals surface area contributed by atoms with Gasteiger partial charge >= 0.3 is 88.7 Å². The predicted octanol–water partition coefficient (Wildman–Crippen LogP) is -11.3. The third-order valence-electron chi connectivity index (χ3n) is 3.37. The van der Waals surface area contributed by atoms with Crippen molar-refractivity contribution in [2.75, 3.05) is 58.9 Å². The van der Waals surface area contributed by atoms with E-state index in [0.717, 1.165) is 19.5 Å². The van der Waals surface area contributed by atoms with E-state index in [1.165, 1.54) is 0 Å². The Bertz CT molecular complexity index is 327. The molecule has 10 heteroatoms. The summed E-state index contributed by atoms with van der Waals surface area (Å²) in [6.07, 6.45) is 0.796. The summed E-state index contributed by atoms with van der Waals surface area (Å²) in [5.74, 6) is -1.10. The minimum atomic E-state index is -1.10. The Balaban J connectivity index is -0.00000133. The maximum atomic E-state index is 11.0. The molecule has 1 aliphatic heterocycles. The fourth-order valence-electron chi connectivity index (χ4n) is 2.00. The Kier molecular flexibility index (Phi) is 22.2. The second-order valence-corrected chi connectivity index (χ2v) is 5.03. The van der Waals surface area contributed by atoms with Gasteiger partial charge in [0.15, 0.2) is 0 Å². The summed E-state index contributed by atoms with van der Waals surface area (Å²) in [5, 5.41) is 10.7. The van der Waals surface area contributed by atoms with Crippen molar-refractivity contribution < 1.29 is 103 Å². The van der Waals surface area contributed by atoms with Crippen molar-refractivity contribution in [3.63, 3.8) is 0 Å². The molecule has 0 saturated carbocycles. The van der Waals surface area contributed by atoms with Crippen LogP contribution in [0.1, 0.15) is 0 Å². The molecule has 0 aromatic carbocycles. The number of aliphatic carboxylic acids is 1. The Morgan fingerprint density at radius 1 is 0.870 bits per heavy atom. The number of hydrogen-bond donors (Lipinski definition) is 0. The molecule has 0 spiro atoms. The van der Waals surface area contributed by atoms with Crippen molar-refractivity contribution in [2.45, 2.75) is 0 Å². The Labute approximate surface area is 206 Å². The van der Waals surface area contributed by atoms with Gasteiger partial charge in [-0.2, -0.15) is 0 Å². The second-order valence-electron chi connectivity index (χ2n) is 5.03. The van der Waals surface area contributed by atoms with E-state index in [-0.39, 0.29) is 95.2 Å². The largest absolute Gasteiger partial charge is 1.00 e. The molecular weight excluding hydrogens is 329 g/mol. The first kappa shape index (κ1) is 29.6. The van der Waals surface area contributed by atoms with Crippen LogP contribution in [0.3, 0.4) is 0 Å². The van der Waals surface area contributed by atoms with Crippen LogP contribution in [0, 0.1) is 14.1 Å². The van der Waals surface area contributed by atoms with Crippen molar-refractivity contribution >= 4 is 12.4 Å². The predicted molar refractivity (Wildman–Crippen MR) is 72.9 cm³/mol. The summed E-state index contributed by atoms with van der Waals surface area (Å²) in [6, 6.07) is 0.